The van der Waals surface area contributed by atoms with Crippen molar-refractivity contribution in [2.24, 2.45) is 0 Å². The summed E-state index contributed by atoms with van der Waals surface area (Å²) < 4.78 is 17.1. The number of hydrogen-bond donors (Lipinski definition) is 0. The summed E-state index contributed by atoms with van der Waals surface area (Å²) >= 11 is 1.24. The molecule has 3 rings (SSSR count). The van der Waals surface area contributed by atoms with E-state index in [1.165, 1.54) is 56.7 Å². The molecule has 5 nitrogen and oxygen atoms in total. The molecule has 0 radical (unpaired) electrons. The van der Waals surface area contributed by atoms with E-state index in [2.05, 4.69) is 6.92 Å². The van der Waals surface area contributed by atoms with Gasteiger partial charge in [-0.05, 0) is 78.8 Å². The fourth-order valence-corrected chi connectivity index (χ4v) is 4.80. The van der Waals surface area contributed by atoms with Crippen LogP contribution in [0.3, 0.4) is 0 Å². The summed E-state index contributed by atoms with van der Waals surface area (Å²) in [6.07, 6.45) is 9.75. The number of esters is 1. The molecule has 0 saturated carbocycles. The van der Waals surface area contributed by atoms with Gasteiger partial charge >= 0.3 is 5.97 Å². The quantitative estimate of drug-likeness (QED) is 0.0929. The normalized spacial score (nSPS) is 11.6. The molecule has 0 fully saturated rings. The van der Waals surface area contributed by atoms with Crippen molar-refractivity contribution in [1.29, 1.82) is 0 Å². The van der Waals surface area contributed by atoms with E-state index in [0.29, 0.717) is 22.8 Å². The van der Waals surface area contributed by atoms with Crippen molar-refractivity contribution in [2.75, 3.05) is 12.4 Å². The maximum absolute atomic E-state index is 12.6. The summed E-state index contributed by atoms with van der Waals surface area (Å²) in [5, 5.41) is -0.0141. The molecule has 214 valence electrons. The highest BCUT2D eigenvalue weighted by Gasteiger charge is 2.15. The first-order chi connectivity index (χ1) is 19.5. The predicted octanol–water partition coefficient (Wildman–Crippen LogP) is 9.14. The Hall–Kier alpha value is -3.25. The summed E-state index contributed by atoms with van der Waals surface area (Å²) in [7, 11) is 0. The van der Waals surface area contributed by atoms with Gasteiger partial charge in [0.05, 0.1) is 12.2 Å². The predicted molar refractivity (Wildman–Crippen MR) is 165 cm³/mol. The van der Waals surface area contributed by atoms with E-state index in [4.69, 9.17) is 14.2 Å². The van der Waals surface area contributed by atoms with Crippen LogP contribution in [0.1, 0.15) is 82.5 Å². The zero-order valence-electron chi connectivity index (χ0n) is 24.0. The van der Waals surface area contributed by atoms with E-state index < -0.39 is 12.1 Å². The molecule has 40 heavy (non-hydrogen) atoms. The summed E-state index contributed by atoms with van der Waals surface area (Å²) in [5.41, 5.74) is 2.53. The summed E-state index contributed by atoms with van der Waals surface area (Å²) in [6, 6.07) is 22.1. The number of rotatable bonds is 17. The van der Waals surface area contributed by atoms with Crippen molar-refractivity contribution in [1.82, 2.24) is 0 Å². The highest BCUT2D eigenvalue weighted by atomic mass is 32.2. The monoisotopic (exact) mass is 562 g/mol. The number of carbonyl (C=O) groups excluding carboxylic acids is 2. The first-order valence-electron chi connectivity index (χ1n) is 14.5. The lowest BCUT2D eigenvalue weighted by Gasteiger charge is -2.13. The Kier molecular flexibility index (Phi) is 13.6. The third-order valence-corrected chi connectivity index (χ3v) is 7.45. The molecular formula is C34H42O5S. The third-order valence-electron chi connectivity index (χ3n) is 6.54. The topological polar surface area (TPSA) is 61.8 Å². The molecule has 0 heterocycles. The van der Waals surface area contributed by atoms with Crippen LogP contribution in [0.25, 0.3) is 11.1 Å². The van der Waals surface area contributed by atoms with Crippen molar-refractivity contribution >= 4 is 22.8 Å². The van der Waals surface area contributed by atoms with E-state index in [9.17, 15) is 9.59 Å². The minimum Gasteiger partial charge on any atom is -0.494 e. The molecule has 0 amide bonds. The maximum atomic E-state index is 12.6. The van der Waals surface area contributed by atoms with Crippen LogP contribution >= 0.6 is 11.8 Å². The number of hydrogen-bond acceptors (Lipinski definition) is 6. The molecule has 0 spiro atoms. The van der Waals surface area contributed by atoms with Crippen molar-refractivity contribution < 1.29 is 23.8 Å². The smallest absolute Gasteiger partial charge is 0.343 e. The van der Waals surface area contributed by atoms with Crippen molar-refractivity contribution in [3.8, 4) is 28.4 Å². The van der Waals surface area contributed by atoms with Gasteiger partial charge in [0.15, 0.2) is 6.10 Å². The molecule has 6 heteroatoms. The Balaban J connectivity index is 1.42. The van der Waals surface area contributed by atoms with Gasteiger partial charge in [-0.3, -0.25) is 4.79 Å². The number of thioether (sulfide) groups is 1. The standard InChI is InChI=1S/C34H42O5S/c1-4-6-7-8-9-10-11-12-25-37-30-19-17-28(18-20-30)27-13-15-29(16-14-27)33(35)39-32-23-21-31(22-24-32)38-26(3)34(36)40-5-2/h13-24,26H,4-12,25H2,1-3H3/t26-/m1/s1. The van der Waals surface area contributed by atoms with E-state index >= 15 is 0 Å². The van der Waals surface area contributed by atoms with E-state index in [1.807, 2.05) is 43.3 Å². The van der Waals surface area contributed by atoms with Gasteiger partial charge in [0, 0.05) is 0 Å². The zero-order chi connectivity index (χ0) is 28.6. The molecule has 0 aromatic heterocycles. The molecule has 0 aliphatic heterocycles. The number of carbonyl (C=O) groups is 2. The van der Waals surface area contributed by atoms with Crippen LogP contribution in [0.4, 0.5) is 0 Å². The second kappa shape index (κ2) is 17.4. The van der Waals surface area contributed by atoms with Gasteiger partial charge in [-0.25, -0.2) is 4.79 Å². The summed E-state index contributed by atoms with van der Waals surface area (Å²) in [6.45, 7) is 6.65. The van der Waals surface area contributed by atoms with Gasteiger partial charge in [0.2, 0.25) is 5.12 Å². The molecule has 3 aromatic carbocycles. The van der Waals surface area contributed by atoms with Crippen LogP contribution in [0, 0.1) is 0 Å². The second-order valence-electron chi connectivity index (χ2n) is 9.80. The lowest BCUT2D eigenvalue weighted by atomic mass is 10.0. The minimum atomic E-state index is -0.541. The SMILES string of the molecule is CCCCCCCCCCOc1ccc(-c2ccc(C(=O)Oc3ccc(O[C@H](C)C(=O)SCC)cc3)cc2)cc1. The Morgan fingerprint density at radius 3 is 1.80 bits per heavy atom. The number of ether oxygens (including phenoxy) is 3. The number of benzene rings is 3. The van der Waals surface area contributed by atoms with Gasteiger partial charge in [-0.2, -0.15) is 0 Å². The van der Waals surface area contributed by atoms with Crippen LogP contribution in [0.5, 0.6) is 17.2 Å². The minimum absolute atomic E-state index is 0.0141. The van der Waals surface area contributed by atoms with E-state index in [-0.39, 0.29) is 5.12 Å². The molecule has 0 saturated heterocycles. The molecule has 1 atom stereocenters. The van der Waals surface area contributed by atoms with Crippen LogP contribution in [-0.2, 0) is 4.79 Å². The Morgan fingerprint density at radius 2 is 1.20 bits per heavy atom. The van der Waals surface area contributed by atoms with Crippen LogP contribution in [0.15, 0.2) is 72.8 Å². The zero-order valence-corrected chi connectivity index (χ0v) is 24.8. The lowest BCUT2D eigenvalue weighted by molar-refractivity contribution is -0.116. The maximum Gasteiger partial charge on any atom is 0.343 e. The Labute approximate surface area is 243 Å². The highest BCUT2D eigenvalue weighted by Crippen LogP contribution is 2.25. The van der Waals surface area contributed by atoms with Crippen molar-refractivity contribution in [2.45, 2.75) is 78.2 Å². The molecule has 0 unspecified atom stereocenters. The largest absolute Gasteiger partial charge is 0.494 e. The van der Waals surface area contributed by atoms with Crippen LogP contribution in [0.2, 0.25) is 0 Å². The average Bonchev–Trinajstić information content (AvgIpc) is 2.98. The first-order valence-corrected chi connectivity index (χ1v) is 15.5. The molecule has 0 bridgehead atoms. The van der Waals surface area contributed by atoms with E-state index in [1.54, 1.807) is 43.3 Å². The van der Waals surface area contributed by atoms with Crippen LogP contribution < -0.4 is 14.2 Å². The number of unbranched alkanes of at least 4 members (excludes halogenated alkanes) is 7. The van der Waals surface area contributed by atoms with Gasteiger partial charge < -0.3 is 14.2 Å². The molecule has 0 N–H and O–H groups in total. The van der Waals surface area contributed by atoms with Gasteiger partial charge in [-0.1, -0.05) is 94.8 Å². The van der Waals surface area contributed by atoms with Crippen molar-refractivity contribution in [3.05, 3.63) is 78.4 Å². The van der Waals surface area contributed by atoms with Gasteiger partial charge in [0.25, 0.3) is 0 Å². The first kappa shape index (κ1) is 31.3. The van der Waals surface area contributed by atoms with Crippen molar-refractivity contribution in [3.63, 3.8) is 0 Å². The molecule has 0 aliphatic carbocycles. The fraction of sp³-hybridized carbons (Fsp3) is 0.412. The van der Waals surface area contributed by atoms with E-state index in [0.717, 1.165) is 29.9 Å². The van der Waals surface area contributed by atoms with Gasteiger partial charge in [0.1, 0.15) is 17.2 Å². The average molecular weight is 563 g/mol. The highest BCUT2D eigenvalue weighted by molar-refractivity contribution is 8.13. The molecule has 0 aliphatic rings. The Bertz CT molecular complexity index is 1160. The summed E-state index contributed by atoms with van der Waals surface area (Å²) in [4.78, 5) is 24.5. The summed E-state index contributed by atoms with van der Waals surface area (Å²) in [5.74, 6) is 2.11. The molecule has 3 aromatic rings. The van der Waals surface area contributed by atoms with Crippen LogP contribution in [-0.4, -0.2) is 29.5 Å². The fourth-order valence-electron chi connectivity index (χ4n) is 4.23. The Morgan fingerprint density at radius 1 is 0.675 bits per heavy atom. The molecular weight excluding hydrogens is 520 g/mol. The van der Waals surface area contributed by atoms with Gasteiger partial charge in [-0.15, -0.1) is 0 Å². The second-order valence-corrected chi connectivity index (χ2v) is 11.1. The third kappa shape index (κ3) is 10.7. The lowest BCUT2D eigenvalue weighted by Crippen LogP contribution is -2.21.